The summed E-state index contributed by atoms with van der Waals surface area (Å²) in [6.07, 6.45) is 7.23. The summed E-state index contributed by atoms with van der Waals surface area (Å²) >= 11 is 0. The molecule has 3 N–H and O–H groups in total. The van der Waals surface area contributed by atoms with Crippen LogP contribution in [0.15, 0.2) is 61.2 Å². The molecule has 1 aliphatic carbocycles. The summed E-state index contributed by atoms with van der Waals surface area (Å²) in [5, 5.41) is 15.1. The van der Waals surface area contributed by atoms with Crippen LogP contribution in [-0.2, 0) is 22.6 Å². The highest BCUT2D eigenvalue weighted by atomic mass is 16.7. The summed E-state index contributed by atoms with van der Waals surface area (Å²) in [4.78, 5) is 14.2. The Hall–Kier alpha value is -2.71. The molecule has 0 unspecified atom stereocenters. The number of aliphatic hydroxyl groups excluding tert-OH is 1. The van der Waals surface area contributed by atoms with Crippen molar-refractivity contribution in [1.82, 2.24) is 15.5 Å². The topological polar surface area (TPSA) is 83.1 Å². The lowest BCUT2D eigenvalue weighted by molar-refractivity contribution is -0.253. The zero-order valence-corrected chi connectivity index (χ0v) is 21.9. The summed E-state index contributed by atoms with van der Waals surface area (Å²) in [5.74, 6) is 0. The lowest BCUT2D eigenvalue weighted by Crippen LogP contribution is -2.43. The van der Waals surface area contributed by atoms with Crippen LogP contribution in [0.4, 0.5) is 4.79 Å². The number of nitrogens with one attached hydrogen (secondary N) is 2. The molecule has 37 heavy (non-hydrogen) atoms. The summed E-state index contributed by atoms with van der Waals surface area (Å²) in [6.45, 7) is 8.67. The van der Waals surface area contributed by atoms with Crippen LogP contribution in [0.5, 0.6) is 0 Å². The molecule has 2 amide bonds. The summed E-state index contributed by atoms with van der Waals surface area (Å²) in [5.41, 5.74) is 3.95. The van der Waals surface area contributed by atoms with Crippen molar-refractivity contribution in [3.8, 4) is 0 Å². The second-order valence-electron chi connectivity index (χ2n) is 9.99. The summed E-state index contributed by atoms with van der Waals surface area (Å²) in [6, 6.07) is 16.5. The molecule has 7 nitrogen and oxygen atoms in total. The minimum absolute atomic E-state index is 0.0147. The maximum Gasteiger partial charge on any atom is 0.315 e. The van der Waals surface area contributed by atoms with Gasteiger partial charge in [0, 0.05) is 44.2 Å². The Labute approximate surface area is 220 Å². The Balaban J connectivity index is 1.49. The van der Waals surface area contributed by atoms with Crippen LogP contribution in [0.1, 0.15) is 73.7 Å². The van der Waals surface area contributed by atoms with Crippen LogP contribution in [0.3, 0.4) is 0 Å². The van der Waals surface area contributed by atoms with E-state index in [1.807, 2.05) is 61.5 Å². The van der Waals surface area contributed by atoms with E-state index < -0.39 is 6.29 Å². The lowest BCUT2D eigenvalue weighted by Gasteiger charge is -2.39. The number of ether oxygens (including phenoxy) is 2. The first-order valence-electron chi connectivity index (χ1n) is 13.6. The molecular weight excluding hydrogens is 466 g/mol. The first-order chi connectivity index (χ1) is 18.1. The number of carbonyl (C=O) groups is 1. The third kappa shape index (κ3) is 7.65. The molecule has 0 radical (unpaired) electrons. The fourth-order valence-electron chi connectivity index (χ4n) is 5.30. The molecule has 0 aromatic heterocycles. The van der Waals surface area contributed by atoms with E-state index >= 15 is 0 Å². The van der Waals surface area contributed by atoms with Gasteiger partial charge in [-0.15, -0.1) is 6.58 Å². The Morgan fingerprint density at radius 1 is 1.03 bits per heavy atom. The molecule has 0 bridgehead atoms. The van der Waals surface area contributed by atoms with Gasteiger partial charge in [-0.05, 0) is 36.5 Å². The summed E-state index contributed by atoms with van der Waals surface area (Å²) in [7, 11) is 0. The Morgan fingerprint density at radius 3 is 2.35 bits per heavy atom. The van der Waals surface area contributed by atoms with E-state index in [-0.39, 0.29) is 24.8 Å². The lowest BCUT2D eigenvalue weighted by atomic mass is 9.99. The van der Waals surface area contributed by atoms with Gasteiger partial charge in [-0.1, -0.05) is 67.4 Å². The van der Waals surface area contributed by atoms with Crippen molar-refractivity contribution < 1.29 is 19.4 Å². The van der Waals surface area contributed by atoms with E-state index in [2.05, 4.69) is 22.1 Å². The van der Waals surface area contributed by atoms with Gasteiger partial charge in [0.1, 0.15) is 0 Å². The molecule has 2 aliphatic rings. The first kappa shape index (κ1) is 27.3. The minimum atomic E-state index is -0.485. The normalized spacial score (nSPS) is 22.2. The highest BCUT2D eigenvalue weighted by Crippen LogP contribution is 2.38. The van der Waals surface area contributed by atoms with Gasteiger partial charge in [-0.2, -0.15) is 0 Å². The van der Waals surface area contributed by atoms with Gasteiger partial charge in [0.15, 0.2) is 6.29 Å². The Kier molecular flexibility index (Phi) is 10.1. The van der Waals surface area contributed by atoms with Crippen molar-refractivity contribution in [3.05, 3.63) is 83.4 Å². The van der Waals surface area contributed by atoms with Crippen molar-refractivity contribution in [2.45, 2.75) is 76.7 Å². The molecule has 4 rings (SSSR count). The molecule has 2 aromatic carbocycles. The zero-order valence-electron chi connectivity index (χ0n) is 21.9. The molecule has 1 saturated carbocycles. The number of benzene rings is 2. The molecule has 200 valence electrons. The van der Waals surface area contributed by atoms with Crippen LogP contribution >= 0.6 is 0 Å². The largest absolute Gasteiger partial charge is 0.392 e. The minimum Gasteiger partial charge on any atom is -0.392 e. The van der Waals surface area contributed by atoms with Gasteiger partial charge in [0.2, 0.25) is 0 Å². The van der Waals surface area contributed by atoms with Crippen LogP contribution in [0, 0.1) is 0 Å². The maximum atomic E-state index is 11.7. The number of rotatable bonds is 11. The van der Waals surface area contributed by atoms with Crippen molar-refractivity contribution in [2.24, 2.45) is 0 Å². The molecular formula is C30H41N3O4. The van der Waals surface area contributed by atoms with Crippen LogP contribution in [0.2, 0.25) is 0 Å². The number of hydrogen-bond acceptors (Lipinski definition) is 5. The fourth-order valence-corrected chi connectivity index (χ4v) is 5.30. The molecule has 1 saturated heterocycles. The first-order valence-corrected chi connectivity index (χ1v) is 13.6. The van der Waals surface area contributed by atoms with Gasteiger partial charge in [0.25, 0.3) is 0 Å². The van der Waals surface area contributed by atoms with Gasteiger partial charge in [-0.3, -0.25) is 4.90 Å². The quantitative estimate of drug-likeness (QED) is 0.374. The van der Waals surface area contributed by atoms with E-state index in [0.717, 1.165) is 41.8 Å². The standard InChI is InChI=1S/C30H41N3O4/c1-3-17-33(26-7-5-6-8-26)20-27-18-28(24-13-11-23(21-34)12-14-24)37-29(36-27)25-15-9-22(10-16-25)19-32-30(35)31-4-2/h3,9-16,26-29,34H,1,4-8,17-21H2,2H3,(H2,31,32,35)/t27-,28+,29+/m0/s1. The molecule has 7 heteroatoms. The van der Waals surface area contributed by atoms with E-state index in [9.17, 15) is 9.90 Å². The van der Waals surface area contributed by atoms with E-state index in [0.29, 0.717) is 19.1 Å². The fraction of sp³-hybridized carbons (Fsp3) is 0.500. The van der Waals surface area contributed by atoms with Gasteiger partial charge in [-0.25, -0.2) is 4.79 Å². The van der Waals surface area contributed by atoms with Crippen LogP contribution < -0.4 is 10.6 Å². The molecule has 1 aliphatic heterocycles. The zero-order chi connectivity index (χ0) is 26.0. The second kappa shape index (κ2) is 13.7. The van der Waals surface area contributed by atoms with Gasteiger partial charge >= 0.3 is 6.03 Å². The predicted octanol–water partition coefficient (Wildman–Crippen LogP) is 4.97. The third-order valence-corrected chi connectivity index (χ3v) is 7.30. The van der Waals surface area contributed by atoms with Crippen molar-refractivity contribution >= 4 is 6.03 Å². The smallest absolute Gasteiger partial charge is 0.315 e. The van der Waals surface area contributed by atoms with Gasteiger partial charge < -0.3 is 25.2 Å². The van der Waals surface area contributed by atoms with Crippen LogP contribution in [-0.4, -0.2) is 47.8 Å². The maximum absolute atomic E-state index is 11.7. The molecule has 2 fully saturated rings. The summed E-state index contributed by atoms with van der Waals surface area (Å²) < 4.78 is 13.1. The molecule has 0 spiro atoms. The van der Waals surface area contributed by atoms with E-state index in [4.69, 9.17) is 9.47 Å². The van der Waals surface area contributed by atoms with E-state index in [1.165, 1.54) is 25.7 Å². The van der Waals surface area contributed by atoms with Crippen molar-refractivity contribution in [1.29, 1.82) is 0 Å². The van der Waals surface area contributed by atoms with E-state index in [1.54, 1.807) is 0 Å². The third-order valence-electron chi connectivity index (χ3n) is 7.30. The molecule has 2 aromatic rings. The number of nitrogens with zero attached hydrogens (tertiary/aromatic N) is 1. The number of urea groups is 1. The highest BCUT2D eigenvalue weighted by molar-refractivity contribution is 5.73. The monoisotopic (exact) mass is 507 g/mol. The second-order valence-corrected chi connectivity index (χ2v) is 9.99. The SMILES string of the molecule is C=CCN(C[C@@H]1C[C@H](c2ccc(CO)cc2)O[C@H](c2ccc(CNC(=O)NCC)cc2)O1)C1CCCC1. The molecule has 3 atom stereocenters. The number of aliphatic hydroxyl groups is 1. The number of carbonyl (C=O) groups excluding carboxylic acids is 1. The Bertz CT molecular complexity index is 989. The number of amides is 2. The molecule has 1 heterocycles. The Morgan fingerprint density at radius 2 is 1.70 bits per heavy atom. The van der Waals surface area contributed by atoms with Crippen LogP contribution in [0.25, 0.3) is 0 Å². The number of hydrogen-bond donors (Lipinski definition) is 3. The van der Waals surface area contributed by atoms with Crippen molar-refractivity contribution in [2.75, 3.05) is 19.6 Å². The predicted molar refractivity (Wildman–Crippen MR) is 145 cm³/mol. The van der Waals surface area contributed by atoms with Crippen molar-refractivity contribution in [3.63, 3.8) is 0 Å². The average Bonchev–Trinajstić information content (AvgIpc) is 3.47. The van der Waals surface area contributed by atoms with Gasteiger partial charge in [0.05, 0.1) is 18.8 Å². The highest BCUT2D eigenvalue weighted by Gasteiger charge is 2.34. The average molecular weight is 508 g/mol.